The van der Waals surface area contributed by atoms with Crippen LogP contribution in [0.15, 0.2) is 54.6 Å². The van der Waals surface area contributed by atoms with Gasteiger partial charge in [0, 0.05) is 10.4 Å². The topological polar surface area (TPSA) is 20.2 Å². The minimum atomic E-state index is -0.360. The molecule has 1 atom stereocenters. The fraction of sp³-hybridized carbons (Fsp3) is 0.368. The van der Waals surface area contributed by atoms with E-state index in [0.29, 0.717) is 6.42 Å². The molecule has 21 heavy (non-hydrogen) atoms. The lowest BCUT2D eigenvalue weighted by Gasteiger charge is -2.35. The monoisotopic (exact) mass is 300 g/mol. The van der Waals surface area contributed by atoms with Crippen LogP contribution in [0.2, 0.25) is 5.02 Å². The van der Waals surface area contributed by atoms with Gasteiger partial charge in [-0.05, 0) is 42.5 Å². The van der Waals surface area contributed by atoms with Crippen LogP contribution in [0, 0.1) is 0 Å². The normalized spacial score (nSPS) is 18.6. The lowest BCUT2D eigenvalue weighted by atomic mass is 9.72. The van der Waals surface area contributed by atoms with Gasteiger partial charge in [0.05, 0.1) is 6.10 Å². The predicted molar refractivity (Wildman–Crippen MR) is 87.8 cm³/mol. The van der Waals surface area contributed by atoms with Crippen molar-refractivity contribution in [1.82, 2.24) is 0 Å². The van der Waals surface area contributed by atoms with E-state index in [4.69, 9.17) is 11.6 Å². The van der Waals surface area contributed by atoms with Gasteiger partial charge in [-0.25, -0.2) is 0 Å². The molecular formula is C19H21ClO. The largest absolute Gasteiger partial charge is 0.392 e. The maximum Gasteiger partial charge on any atom is 0.0677 e. The molecule has 3 rings (SSSR count). The van der Waals surface area contributed by atoms with Crippen molar-refractivity contribution in [2.75, 3.05) is 0 Å². The summed E-state index contributed by atoms with van der Waals surface area (Å²) in [5.41, 5.74) is 2.29. The summed E-state index contributed by atoms with van der Waals surface area (Å²) in [5.74, 6) is 0. The summed E-state index contributed by atoms with van der Waals surface area (Å²) in [6.07, 6.45) is 4.83. The van der Waals surface area contributed by atoms with Crippen molar-refractivity contribution in [1.29, 1.82) is 0 Å². The molecular weight excluding hydrogens is 280 g/mol. The first kappa shape index (κ1) is 14.6. The Kier molecular flexibility index (Phi) is 4.32. The highest BCUT2D eigenvalue weighted by atomic mass is 35.5. The maximum absolute atomic E-state index is 11.0. The maximum atomic E-state index is 11.0. The zero-order chi connectivity index (χ0) is 14.7. The molecule has 1 saturated carbocycles. The van der Waals surface area contributed by atoms with Crippen molar-refractivity contribution < 1.29 is 5.11 Å². The first-order chi connectivity index (χ1) is 10.2. The van der Waals surface area contributed by atoms with Gasteiger partial charge in [0.25, 0.3) is 0 Å². The first-order valence-electron chi connectivity index (χ1n) is 7.69. The van der Waals surface area contributed by atoms with Crippen LogP contribution < -0.4 is 0 Å². The third-order valence-corrected chi connectivity index (χ3v) is 5.04. The first-order valence-corrected chi connectivity index (χ1v) is 8.06. The predicted octanol–water partition coefficient (Wildman–Crippen LogP) is 4.76. The Hall–Kier alpha value is -1.31. The van der Waals surface area contributed by atoms with Gasteiger partial charge in [-0.2, -0.15) is 0 Å². The summed E-state index contributed by atoms with van der Waals surface area (Å²) in [4.78, 5) is 0. The average Bonchev–Trinajstić information content (AvgIpc) is 2.99. The summed E-state index contributed by atoms with van der Waals surface area (Å²) < 4.78 is 0. The van der Waals surface area contributed by atoms with E-state index in [0.717, 1.165) is 23.4 Å². The lowest BCUT2D eigenvalue weighted by Crippen LogP contribution is -2.38. The molecule has 1 aliphatic carbocycles. The van der Waals surface area contributed by atoms with E-state index < -0.39 is 0 Å². The Morgan fingerprint density at radius 3 is 2.38 bits per heavy atom. The number of rotatable bonds is 4. The summed E-state index contributed by atoms with van der Waals surface area (Å²) in [6.45, 7) is 0. The summed E-state index contributed by atoms with van der Waals surface area (Å²) in [6, 6.07) is 18.3. The molecule has 0 spiro atoms. The van der Waals surface area contributed by atoms with Gasteiger partial charge >= 0.3 is 0 Å². The van der Waals surface area contributed by atoms with Crippen molar-refractivity contribution in [3.8, 4) is 0 Å². The van der Waals surface area contributed by atoms with Crippen molar-refractivity contribution >= 4 is 11.6 Å². The standard InChI is InChI=1S/C19H21ClO/c20-17-10-6-7-15(13-17)14-18(21)19(11-4-5-12-19)16-8-2-1-3-9-16/h1-3,6-10,13,18,21H,4-5,11-12,14H2. The van der Waals surface area contributed by atoms with Crippen LogP contribution in [-0.4, -0.2) is 11.2 Å². The number of hydrogen-bond donors (Lipinski definition) is 1. The van der Waals surface area contributed by atoms with Gasteiger partial charge in [-0.1, -0.05) is 66.9 Å². The Morgan fingerprint density at radius 2 is 1.71 bits per heavy atom. The van der Waals surface area contributed by atoms with Crippen LogP contribution in [0.3, 0.4) is 0 Å². The Bertz CT molecular complexity index is 588. The Balaban J connectivity index is 1.87. The number of hydrogen-bond acceptors (Lipinski definition) is 1. The van der Waals surface area contributed by atoms with Crippen LogP contribution >= 0.6 is 11.6 Å². The van der Waals surface area contributed by atoms with Crippen molar-refractivity contribution in [2.45, 2.75) is 43.6 Å². The summed E-state index contributed by atoms with van der Waals surface area (Å²) in [5, 5.41) is 11.7. The highest BCUT2D eigenvalue weighted by Crippen LogP contribution is 2.44. The third kappa shape index (κ3) is 3.00. The van der Waals surface area contributed by atoms with E-state index in [-0.39, 0.29) is 11.5 Å². The van der Waals surface area contributed by atoms with Crippen LogP contribution in [0.5, 0.6) is 0 Å². The number of aliphatic hydroxyl groups excluding tert-OH is 1. The molecule has 0 heterocycles. The number of benzene rings is 2. The molecule has 2 aromatic carbocycles. The van der Waals surface area contributed by atoms with E-state index in [9.17, 15) is 5.11 Å². The molecule has 0 bridgehead atoms. The molecule has 0 aliphatic heterocycles. The summed E-state index contributed by atoms with van der Waals surface area (Å²) >= 11 is 6.06. The van der Waals surface area contributed by atoms with Crippen molar-refractivity contribution in [2.24, 2.45) is 0 Å². The Morgan fingerprint density at radius 1 is 1.00 bits per heavy atom. The number of aliphatic hydroxyl groups is 1. The molecule has 2 aromatic rings. The minimum absolute atomic E-state index is 0.0937. The van der Waals surface area contributed by atoms with E-state index in [1.165, 1.54) is 18.4 Å². The smallest absolute Gasteiger partial charge is 0.0677 e. The van der Waals surface area contributed by atoms with E-state index in [1.807, 2.05) is 30.3 Å². The van der Waals surface area contributed by atoms with Crippen LogP contribution in [0.25, 0.3) is 0 Å². The summed E-state index contributed by atoms with van der Waals surface area (Å²) in [7, 11) is 0. The molecule has 1 fully saturated rings. The second-order valence-electron chi connectivity index (χ2n) is 6.08. The zero-order valence-electron chi connectivity index (χ0n) is 12.1. The number of halogens is 1. The molecule has 1 nitrogen and oxygen atoms in total. The van der Waals surface area contributed by atoms with Crippen LogP contribution in [0.1, 0.15) is 36.8 Å². The second kappa shape index (κ2) is 6.21. The fourth-order valence-electron chi connectivity index (χ4n) is 3.67. The molecule has 0 aromatic heterocycles. The van der Waals surface area contributed by atoms with Crippen LogP contribution in [0.4, 0.5) is 0 Å². The Labute approximate surface area is 131 Å². The minimum Gasteiger partial charge on any atom is -0.392 e. The van der Waals surface area contributed by atoms with Gasteiger partial charge in [-0.15, -0.1) is 0 Å². The van der Waals surface area contributed by atoms with Crippen molar-refractivity contribution in [3.05, 3.63) is 70.7 Å². The highest BCUT2D eigenvalue weighted by molar-refractivity contribution is 6.30. The quantitative estimate of drug-likeness (QED) is 0.863. The molecule has 1 aliphatic rings. The molecule has 0 radical (unpaired) electrons. The fourth-order valence-corrected chi connectivity index (χ4v) is 3.89. The molecule has 2 heteroatoms. The van der Waals surface area contributed by atoms with Gasteiger partial charge in [0.2, 0.25) is 0 Å². The SMILES string of the molecule is OC(Cc1cccc(Cl)c1)C1(c2ccccc2)CCCC1. The van der Waals surface area contributed by atoms with Gasteiger partial charge in [0.1, 0.15) is 0 Å². The lowest BCUT2D eigenvalue weighted by molar-refractivity contribution is 0.0826. The third-order valence-electron chi connectivity index (χ3n) is 4.80. The highest BCUT2D eigenvalue weighted by Gasteiger charge is 2.41. The van der Waals surface area contributed by atoms with Crippen molar-refractivity contribution in [3.63, 3.8) is 0 Å². The molecule has 0 saturated heterocycles. The van der Waals surface area contributed by atoms with E-state index in [1.54, 1.807) is 0 Å². The van der Waals surface area contributed by atoms with E-state index >= 15 is 0 Å². The van der Waals surface area contributed by atoms with Gasteiger partial charge in [0.15, 0.2) is 0 Å². The van der Waals surface area contributed by atoms with Gasteiger partial charge in [-0.3, -0.25) is 0 Å². The van der Waals surface area contributed by atoms with Gasteiger partial charge < -0.3 is 5.11 Å². The zero-order valence-corrected chi connectivity index (χ0v) is 12.9. The second-order valence-corrected chi connectivity index (χ2v) is 6.52. The van der Waals surface area contributed by atoms with Crippen LogP contribution in [-0.2, 0) is 11.8 Å². The molecule has 1 unspecified atom stereocenters. The molecule has 110 valence electrons. The molecule has 0 amide bonds. The average molecular weight is 301 g/mol. The van der Waals surface area contributed by atoms with E-state index in [2.05, 4.69) is 24.3 Å². The molecule has 1 N–H and O–H groups in total.